The zero-order valence-corrected chi connectivity index (χ0v) is 21.6. The molecule has 0 fully saturated rings. The van der Waals surface area contributed by atoms with Gasteiger partial charge in [-0.3, -0.25) is 4.79 Å². The smallest absolute Gasteiger partial charge is 0.252 e. The summed E-state index contributed by atoms with van der Waals surface area (Å²) in [5.41, 5.74) is 7.66. The predicted molar refractivity (Wildman–Crippen MR) is 142 cm³/mol. The molecule has 0 aliphatic carbocycles. The second-order valence-corrected chi connectivity index (χ2v) is 9.92. The van der Waals surface area contributed by atoms with Gasteiger partial charge in [0, 0.05) is 5.56 Å². The van der Waals surface area contributed by atoms with Gasteiger partial charge in [-0.1, -0.05) is 86.3 Å². The number of ether oxygens (including phenoxy) is 1. The van der Waals surface area contributed by atoms with Gasteiger partial charge < -0.3 is 10.1 Å². The number of amides is 1. The van der Waals surface area contributed by atoms with Crippen LogP contribution in [0.5, 0.6) is 5.75 Å². The fraction of sp³-hybridized carbons (Fsp3) is 0.387. The number of aryl methyl sites for hydroxylation is 4. The highest BCUT2D eigenvalue weighted by Crippen LogP contribution is 2.25. The highest BCUT2D eigenvalue weighted by Gasteiger charge is 2.20. The molecule has 0 radical (unpaired) electrons. The maximum Gasteiger partial charge on any atom is 0.252 e. The van der Waals surface area contributed by atoms with Crippen LogP contribution in [-0.2, 0) is 13.0 Å². The average Bonchev–Trinajstić information content (AvgIpc) is 2.78. The van der Waals surface area contributed by atoms with Crippen LogP contribution in [0.4, 0.5) is 0 Å². The van der Waals surface area contributed by atoms with Crippen LogP contribution in [0, 0.1) is 26.7 Å². The highest BCUT2D eigenvalue weighted by molar-refractivity contribution is 5.96. The monoisotopic (exact) mass is 457 g/mol. The van der Waals surface area contributed by atoms with E-state index >= 15 is 0 Å². The molecule has 1 atom stereocenters. The summed E-state index contributed by atoms with van der Waals surface area (Å²) in [6.07, 6.45) is 2.76. The van der Waals surface area contributed by atoms with Crippen LogP contribution in [0.25, 0.3) is 0 Å². The van der Waals surface area contributed by atoms with Crippen molar-refractivity contribution < 1.29 is 9.53 Å². The maximum absolute atomic E-state index is 13.6. The largest absolute Gasteiger partial charge is 0.489 e. The molecule has 3 nitrogen and oxygen atoms in total. The summed E-state index contributed by atoms with van der Waals surface area (Å²) >= 11 is 0. The van der Waals surface area contributed by atoms with Crippen molar-refractivity contribution in [1.82, 2.24) is 5.32 Å². The SMILES string of the molecule is CCCc1ccc(COc2ccc(C)cc2)cc1C(=O)NC(CC(C)C)c1cc(C)cc(C)c1. The molecule has 3 heteroatoms. The number of rotatable bonds is 10. The van der Waals surface area contributed by atoms with Crippen LogP contribution in [0.1, 0.15) is 83.4 Å². The summed E-state index contributed by atoms with van der Waals surface area (Å²) in [6, 6.07) is 20.7. The van der Waals surface area contributed by atoms with Crippen molar-refractivity contribution >= 4 is 5.91 Å². The quantitative estimate of drug-likeness (QED) is 0.339. The van der Waals surface area contributed by atoms with Crippen molar-refractivity contribution in [2.75, 3.05) is 0 Å². The van der Waals surface area contributed by atoms with Gasteiger partial charge in [0.1, 0.15) is 12.4 Å². The Morgan fingerprint density at radius 1 is 0.882 bits per heavy atom. The van der Waals surface area contributed by atoms with Gasteiger partial charge in [-0.05, 0) is 74.4 Å². The molecule has 1 unspecified atom stereocenters. The molecule has 0 saturated heterocycles. The molecule has 0 aliphatic rings. The third-order valence-corrected chi connectivity index (χ3v) is 6.02. The molecular formula is C31H39NO2. The van der Waals surface area contributed by atoms with Crippen molar-refractivity contribution in [3.63, 3.8) is 0 Å². The lowest BCUT2D eigenvalue weighted by atomic mass is 9.93. The lowest BCUT2D eigenvalue weighted by molar-refractivity contribution is 0.0930. The third kappa shape index (κ3) is 7.21. The molecule has 3 aromatic carbocycles. The molecule has 3 rings (SSSR count). The topological polar surface area (TPSA) is 38.3 Å². The average molecular weight is 458 g/mol. The molecular weight excluding hydrogens is 418 g/mol. The van der Waals surface area contributed by atoms with Crippen LogP contribution in [0.15, 0.2) is 60.7 Å². The van der Waals surface area contributed by atoms with Gasteiger partial charge in [0.15, 0.2) is 0 Å². The molecule has 0 spiro atoms. The van der Waals surface area contributed by atoms with E-state index in [1.807, 2.05) is 30.3 Å². The number of hydrogen-bond donors (Lipinski definition) is 1. The summed E-state index contributed by atoms with van der Waals surface area (Å²) in [7, 11) is 0. The van der Waals surface area contributed by atoms with E-state index < -0.39 is 0 Å². The minimum absolute atomic E-state index is 0.00885. The van der Waals surface area contributed by atoms with Gasteiger partial charge in [-0.15, -0.1) is 0 Å². The van der Waals surface area contributed by atoms with Gasteiger partial charge in [-0.25, -0.2) is 0 Å². The van der Waals surface area contributed by atoms with Gasteiger partial charge in [0.05, 0.1) is 6.04 Å². The summed E-state index contributed by atoms with van der Waals surface area (Å²) in [5.74, 6) is 1.29. The Kier molecular flexibility index (Phi) is 8.92. The van der Waals surface area contributed by atoms with Crippen LogP contribution in [-0.4, -0.2) is 5.91 Å². The first-order valence-electron chi connectivity index (χ1n) is 12.5. The molecule has 0 heterocycles. The van der Waals surface area contributed by atoms with Crippen molar-refractivity contribution in [3.05, 3.63) is 99.6 Å². The Morgan fingerprint density at radius 2 is 1.56 bits per heavy atom. The third-order valence-electron chi connectivity index (χ3n) is 6.02. The van der Waals surface area contributed by atoms with E-state index in [0.717, 1.165) is 41.7 Å². The molecule has 0 aromatic heterocycles. The minimum Gasteiger partial charge on any atom is -0.489 e. The first-order valence-corrected chi connectivity index (χ1v) is 12.5. The van der Waals surface area contributed by atoms with Crippen molar-refractivity contribution in [1.29, 1.82) is 0 Å². The molecule has 180 valence electrons. The number of carbonyl (C=O) groups is 1. The molecule has 3 aromatic rings. The molecule has 1 N–H and O–H groups in total. The molecule has 0 saturated carbocycles. The predicted octanol–water partition coefficient (Wildman–Crippen LogP) is 7.66. The first kappa shape index (κ1) is 25.6. The Labute approximate surface area is 205 Å². The zero-order valence-electron chi connectivity index (χ0n) is 21.6. The van der Waals surface area contributed by atoms with E-state index in [0.29, 0.717) is 12.5 Å². The Morgan fingerprint density at radius 3 is 2.18 bits per heavy atom. The molecule has 0 aliphatic heterocycles. The van der Waals surface area contributed by atoms with Crippen molar-refractivity contribution in [2.45, 2.75) is 73.5 Å². The van der Waals surface area contributed by atoms with Crippen LogP contribution in [0.2, 0.25) is 0 Å². The second kappa shape index (κ2) is 11.9. The van der Waals surface area contributed by atoms with Crippen molar-refractivity contribution in [3.8, 4) is 5.75 Å². The van der Waals surface area contributed by atoms with E-state index in [4.69, 9.17) is 4.74 Å². The van der Waals surface area contributed by atoms with E-state index in [1.54, 1.807) is 0 Å². The van der Waals surface area contributed by atoms with Crippen LogP contribution < -0.4 is 10.1 Å². The Hall–Kier alpha value is -3.07. The molecule has 1 amide bonds. The van der Waals surface area contributed by atoms with E-state index in [2.05, 4.69) is 77.2 Å². The van der Waals surface area contributed by atoms with Gasteiger partial charge in [-0.2, -0.15) is 0 Å². The van der Waals surface area contributed by atoms with Gasteiger partial charge in [0.25, 0.3) is 5.91 Å². The normalized spacial score (nSPS) is 12.0. The molecule has 0 bridgehead atoms. The summed E-state index contributed by atoms with van der Waals surface area (Å²) in [4.78, 5) is 13.6. The summed E-state index contributed by atoms with van der Waals surface area (Å²) in [6.45, 7) is 13.3. The van der Waals surface area contributed by atoms with E-state index in [1.165, 1.54) is 22.3 Å². The fourth-order valence-corrected chi connectivity index (χ4v) is 4.41. The highest BCUT2D eigenvalue weighted by atomic mass is 16.5. The summed E-state index contributed by atoms with van der Waals surface area (Å²) < 4.78 is 5.98. The Balaban J connectivity index is 1.84. The number of hydrogen-bond acceptors (Lipinski definition) is 2. The Bertz CT molecular complexity index is 1080. The van der Waals surface area contributed by atoms with Gasteiger partial charge >= 0.3 is 0 Å². The number of carbonyl (C=O) groups excluding carboxylic acids is 1. The van der Waals surface area contributed by atoms with Gasteiger partial charge in [0.2, 0.25) is 0 Å². The zero-order chi connectivity index (χ0) is 24.7. The number of nitrogens with one attached hydrogen (secondary N) is 1. The lowest BCUT2D eigenvalue weighted by Gasteiger charge is -2.23. The minimum atomic E-state index is -0.0203. The standard InChI is InChI=1S/C31H39NO2/c1-7-8-26-12-11-25(20-34-28-13-9-22(4)10-14-28)19-29(26)31(33)32-30(15-21(2)3)27-17-23(5)16-24(6)18-27/h9-14,16-19,21,30H,7-8,15,20H2,1-6H3,(H,32,33). The second-order valence-electron chi connectivity index (χ2n) is 9.92. The number of benzene rings is 3. The van der Waals surface area contributed by atoms with Crippen LogP contribution >= 0.6 is 0 Å². The van der Waals surface area contributed by atoms with Crippen LogP contribution in [0.3, 0.4) is 0 Å². The van der Waals surface area contributed by atoms with E-state index in [9.17, 15) is 4.79 Å². The molecule has 34 heavy (non-hydrogen) atoms. The lowest BCUT2D eigenvalue weighted by Crippen LogP contribution is -2.30. The first-order chi connectivity index (χ1) is 16.2. The summed E-state index contributed by atoms with van der Waals surface area (Å²) in [5, 5.41) is 3.36. The van der Waals surface area contributed by atoms with E-state index in [-0.39, 0.29) is 11.9 Å². The van der Waals surface area contributed by atoms with Crippen molar-refractivity contribution in [2.24, 2.45) is 5.92 Å². The fourth-order valence-electron chi connectivity index (χ4n) is 4.41. The maximum atomic E-state index is 13.6.